The summed E-state index contributed by atoms with van der Waals surface area (Å²) in [5.74, 6) is 0.0953. The molecule has 0 saturated heterocycles. The summed E-state index contributed by atoms with van der Waals surface area (Å²) in [6.45, 7) is 1.09. The predicted octanol–water partition coefficient (Wildman–Crippen LogP) is 2.02. The van der Waals surface area contributed by atoms with Crippen molar-refractivity contribution in [1.29, 1.82) is 0 Å². The Kier molecular flexibility index (Phi) is 4.10. The second-order valence-electron chi connectivity index (χ2n) is 5.28. The highest BCUT2D eigenvalue weighted by Crippen LogP contribution is 2.22. The van der Waals surface area contributed by atoms with Gasteiger partial charge in [0, 0.05) is 11.3 Å². The van der Waals surface area contributed by atoms with Crippen molar-refractivity contribution in [2.75, 3.05) is 12.3 Å². The third kappa shape index (κ3) is 3.36. The number of nitrogens with zero attached hydrogens (tertiary/aromatic N) is 4. The van der Waals surface area contributed by atoms with E-state index in [1.165, 1.54) is 25.0 Å². The second-order valence-corrected chi connectivity index (χ2v) is 5.28. The summed E-state index contributed by atoms with van der Waals surface area (Å²) >= 11 is 0. The Hall–Kier alpha value is -2.02. The molecular weight excluding hydrogens is 273 g/mol. The van der Waals surface area contributed by atoms with E-state index in [4.69, 9.17) is 10.5 Å². The molecule has 0 unspecified atom stereocenters. The zero-order chi connectivity index (χ0) is 14.7. The van der Waals surface area contributed by atoms with Crippen molar-refractivity contribution in [2.45, 2.75) is 38.3 Å². The molecule has 21 heavy (non-hydrogen) atoms. The highest BCUT2D eigenvalue weighted by atomic mass is 19.1. The van der Waals surface area contributed by atoms with Crippen molar-refractivity contribution in [1.82, 2.24) is 20.2 Å². The highest BCUT2D eigenvalue weighted by molar-refractivity contribution is 5.61. The van der Waals surface area contributed by atoms with Gasteiger partial charge in [0.25, 0.3) is 0 Å². The standard InChI is InChI=1S/C14H18FN5O/c15-11-7-10(8-12(16)9-11)14-17-18-19-20(14)5-6-21-13-3-1-2-4-13/h7-9,13H,1-6,16H2. The number of nitrogens with two attached hydrogens (primary N) is 1. The van der Waals surface area contributed by atoms with E-state index in [1.807, 2.05) is 0 Å². The molecule has 0 radical (unpaired) electrons. The summed E-state index contributed by atoms with van der Waals surface area (Å²) in [5, 5.41) is 11.5. The Morgan fingerprint density at radius 3 is 2.86 bits per heavy atom. The molecule has 1 heterocycles. The minimum atomic E-state index is -0.401. The van der Waals surface area contributed by atoms with Crippen LogP contribution in [-0.4, -0.2) is 32.9 Å². The summed E-state index contributed by atoms with van der Waals surface area (Å²) < 4.78 is 20.8. The Morgan fingerprint density at radius 1 is 1.29 bits per heavy atom. The molecule has 0 bridgehead atoms. The van der Waals surface area contributed by atoms with Gasteiger partial charge in [0.1, 0.15) is 5.82 Å². The first kappa shape index (κ1) is 13.9. The fourth-order valence-corrected chi connectivity index (χ4v) is 2.66. The lowest BCUT2D eigenvalue weighted by molar-refractivity contribution is 0.0514. The first-order chi connectivity index (χ1) is 10.2. The van der Waals surface area contributed by atoms with E-state index in [0.29, 0.717) is 36.3 Å². The van der Waals surface area contributed by atoms with E-state index in [1.54, 1.807) is 10.7 Å². The number of nitrogen functional groups attached to an aromatic ring is 1. The molecule has 2 N–H and O–H groups in total. The number of tetrazole rings is 1. The Balaban J connectivity index is 1.68. The van der Waals surface area contributed by atoms with Gasteiger partial charge in [0.05, 0.1) is 19.3 Å². The van der Waals surface area contributed by atoms with Crippen LogP contribution in [0, 0.1) is 5.82 Å². The number of ether oxygens (including phenoxy) is 1. The molecule has 7 heteroatoms. The van der Waals surface area contributed by atoms with Crippen LogP contribution in [0.1, 0.15) is 25.7 Å². The second kappa shape index (κ2) is 6.17. The van der Waals surface area contributed by atoms with Crippen LogP contribution in [0.2, 0.25) is 0 Å². The van der Waals surface area contributed by atoms with Gasteiger partial charge >= 0.3 is 0 Å². The molecule has 0 spiro atoms. The molecule has 0 atom stereocenters. The van der Waals surface area contributed by atoms with Crippen molar-refractivity contribution in [3.63, 3.8) is 0 Å². The topological polar surface area (TPSA) is 78.9 Å². The van der Waals surface area contributed by atoms with Crippen LogP contribution in [-0.2, 0) is 11.3 Å². The SMILES string of the molecule is Nc1cc(F)cc(-c2nnnn2CCOC2CCCC2)c1. The van der Waals surface area contributed by atoms with E-state index >= 15 is 0 Å². The lowest BCUT2D eigenvalue weighted by atomic mass is 10.2. The van der Waals surface area contributed by atoms with Crippen LogP contribution in [0.5, 0.6) is 0 Å². The van der Waals surface area contributed by atoms with Crippen LogP contribution >= 0.6 is 0 Å². The van der Waals surface area contributed by atoms with Crippen molar-refractivity contribution >= 4 is 5.69 Å². The molecule has 2 aromatic rings. The van der Waals surface area contributed by atoms with Crippen LogP contribution in [0.15, 0.2) is 18.2 Å². The summed E-state index contributed by atoms with van der Waals surface area (Å²) in [6, 6.07) is 4.29. The Labute approximate surface area is 122 Å². The highest BCUT2D eigenvalue weighted by Gasteiger charge is 2.16. The first-order valence-electron chi connectivity index (χ1n) is 7.16. The molecule has 1 aliphatic rings. The van der Waals surface area contributed by atoms with Crippen molar-refractivity contribution in [2.24, 2.45) is 0 Å². The zero-order valence-electron chi connectivity index (χ0n) is 11.7. The van der Waals surface area contributed by atoms with Crippen molar-refractivity contribution in [3.05, 3.63) is 24.0 Å². The van der Waals surface area contributed by atoms with Gasteiger partial charge in [-0.1, -0.05) is 12.8 Å². The normalized spacial score (nSPS) is 15.7. The van der Waals surface area contributed by atoms with Gasteiger partial charge in [-0.05, 0) is 41.5 Å². The summed E-state index contributed by atoms with van der Waals surface area (Å²) in [4.78, 5) is 0. The van der Waals surface area contributed by atoms with Gasteiger partial charge in [-0.2, -0.15) is 0 Å². The average Bonchev–Trinajstić information content (AvgIpc) is 3.08. The summed E-state index contributed by atoms with van der Waals surface area (Å²) in [7, 11) is 0. The lowest BCUT2D eigenvalue weighted by Gasteiger charge is -2.11. The Morgan fingerprint density at radius 2 is 2.10 bits per heavy atom. The number of rotatable bonds is 5. The fraction of sp³-hybridized carbons (Fsp3) is 0.500. The number of aromatic nitrogens is 4. The molecule has 0 aliphatic heterocycles. The molecule has 112 valence electrons. The van der Waals surface area contributed by atoms with E-state index < -0.39 is 5.82 Å². The minimum Gasteiger partial charge on any atom is -0.399 e. The van der Waals surface area contributed by atoms with Crippen LogP contribution < -0.4 is 5.73 Å². The molecule has 6 nitrogen and oxygen atoms in total. The summed E-state index contributed by atoms with van der Waals surface area (Å²) in [5.41, 5.74) is 6.57. The quantitative estimate of drug-likeness (QED) is 0.853. The van der Waals surface area contributed by atoms with Gasteiger partial charge in [-0.3, -0.25) is 0 Å². The molecular formula is C14H18FN5O. The molecule has 3 rings (SSSR count). The van der Waals surface area contributed by atoms with Crippen molar-refractivity contribution in [3.8, 4) is 11.4 Å². The molecule has 1 aromatic heterocycles. The average molecular weight is 291 g/mol. The maximum Gasteiger partial charge on any atom is 0.182 e. The maximum atomic E-state index is 13.4. The minimum absolute atomic E-state index is 0.349. The van der Waals surface area contributed by atoms with Gasteiger partial charge in [0.2, 0.25) is 0 Å². The van der Waals surface area contributed by atoms with Crippen molar-refractivity contribution < 1.29 is 9.13 Å². The largest absolute Gasteiger partial charge is 0.399 e. The lowest BCUT2D eigenvalue weighted by Crippen LogP contribution is -2.14. The van der Waals surface area contributed by atoms with Crippen LogP contribution in [0.4, 0.5) is 10.1 Å². The number of anilines is 1. The Bertz CT molecular complexity index is 589. The molecule has 1 fully saturated rings. The van der Waals surface area contributed by atoms with E-state index in [-0.39, 0.29) is 0 Å². The smallest absolute Gasteiger partial charge is 0.182 e. The molecule has 1 aliphatic carbocycles. The fourth-order valence-electron chi connectivity index (χ4n) is 2.66. The number of halogens is 1. The first-order valence-corrected chi connectivity index (χ1v) is 7.16. The van der Waals surface area contributed by atoms with E-state index in [9.17, 15) is 4.39 Å². The zero-order valence-corrected chi connectivity index (χ0v) is 11.7. The third-order valence-electron chi connectivity index (χ3n) is 3.67. The third-order valence-corrected chi connectivity index (χ3v) is 3.67. The monoisotopic (exact) mass is 291 g/mol. The van der Waals surface area contributed by atoms with Gasteiger partial charge in [-0.15, -0.1) is 5.10 Å². The van der Waals surface area contributed by atoms with E-state index in [0.717, 1.165) is 12.8 Å². The molecule has 1 aromatic carbocycles. The summed E-state index contributed by atoms with van der Waals surface area (Å²) in [6.07, 6.45) is 5.09. The molecule has 1 saturated carbocycles. The number of hydrogen-bond donors (Lipinski definition) is 1. The number of benzene rings is 1. The maximum absolute atomic E-state index is 13.4. The van der Waals surface area contributed by atoms with Gasteiger partial charge in [0.15, 0.2) is 5.82 Å². The van der Waals surface area contributed by atoms with Gasteiger partial charge in [-0.25, -0.2) is 9.07 Å². The van der Waals surface area contributed by atoms with Crippen LogP contribution in [0.25, 0.3) is 11.4 Å². The van der Waals surface area contributed by atoms with Gasteiger partial charge < -0.3 is 10.5 Å². The number of hydrogen-bond acceptors (Lipinski definition) is 5. The molecule has 0 amide bonds. The van der Waals surface area contributed by atoms with Crippen LogP contribution in [0.3, 0.4) is 0 Å². The predicted molar refractivity (Wildman–Crippen MR) is 75.8 cm³/mol. The van der Waals surface area contributed by atoms with E-state index in [2.05, 4.69) is 15.5 Å².